The molecule has 0 bridgehead atoms. The van der Waals surface area contributed by atoms with Crippen molar-refractivity contribution in [1.82, 2.24) is 5.32 Å². The average Bonchev–Trinajstić information content (AvgIpc) is 2.37. The first-order valence-electron chi connectivity index (χ1n) is 6.21. The first kappa shape index (κ1) is 14.1. The van der Waals surface area contributed by atoms with Gasteiger partial charge in [0.15, 0.2) is 0 Å². The molecule has 2 rings (SSSR count). The average molecular weight is 273 g/mol. The molecule has 1 aromatic rings. The molecule has 0 heterocycles. The van der Waals surface area contributed by atoms with E-state index >= 15 is 0 Å². The van der Waals surface area contributed by atoms with Crippen LogP contribution in [0.15, 0.2) is 30.4 Å². The first-order valence-corrected chi connectivity index (χ1v) is 6.21. The maximum atomic E-state index is 12.9. The summed E-state index contributed by atoms with van der Waals surface area (Å²) in [6.07, 6.45) is 2.24. The molecular weight excluding hydrogens is 258 g/mol. The maximum Gasteiger partial charge on any atom is 0.416 e. The third-order valence-electron chi connectivity index (χ3n) is 3.23. The summed E-state index contributed by atoms with van der Waals surface area (Å²) in [6, 6.07) is 3.00. The van der Waals surface area contributed by atoms with Crippen LogP contribution in [0, 0.1) is 5.82 Å². The Morgan fingerprint density at radius 1 is 1.21 bits per heavy atom. The number of benzene rings is 1. The third kappa shape index (κ3) is 3.80. The van der Waals surface area contributed by atoms with Crippen molar-refractivity contribution in [3.8, 4) is 0 Å². The molecule has 1 atom stereocenters. The lowest BCUT2D eigenvalue weighted by Gasteiger charge is -2.21. The Kier molecular flexibility index (Phi) is 4.24. The van der Waals surface area contributed by atoms with Gasteiger partial charge in [-0.3, -0.25) is 0 Å². The fraction of sp³-hybridized carbons (Fsp3) is 0.429. The molecule has 0 amide bonds. The molecule has 0 saturated carbocycles. The Morgan fingerprint density at radius 2 is 2.00 bits per heavy atom. The number of allylic oxidation sites excluding steroid dienone is 1. The van der Waals surface area contributed by atoms with Crippen molar-refractivity contribution in [3.63, 3.8) is 0 Å². The minimum absolute atomic E-state index is 0.0865. The monoisotopic (exact) mass is 273 g/mol. The van der Waals surface area contributed by atoms with Crippen molar-refractivity contribution >= 4 is 0 Å². The van der Waals surface area contributed by atoms with E-state index in [1.807, 2.05) is 6.08 Å². The van der Waals surface area contributed by atoms with Crippen LogP contribution >= 0.6 is 0 Å². The van der Waals surface area contributed by atoms with Crippen molar-refractivity contribution in [2.75, 3.05) is 0 Å². The first-order chi connectivity index (χ1) is 8.97. The Balaban J connectivity index is 2.09. The summed E-state index contributed by atoms with van der Waals surface area (Å²) < 4.78 is 51.3. The Morgan fingerprint density at radius 3 is 2.63 bits per heavy atom. The van der Waals surface area contributed by atoms with Crippen LogP contribution in [0.2, 0.25) is 0 Å². The molecule has 5 heteroatoms. The summed E-state index contributed by atoms with van der Waals surface area (Å²) in [5.41, 5.74) is -0.810. The van der Waals surface area contributed by atoms with E-state index in [1.54, 1.807) is 0 Å². The lowest BCUT2D eigenvalue weighted by Crippen LogP contribution is -2.30. The van der Waals surface area contributed by atoms with Gasteiger partial charge in [-0.05, 0) is 37.0 Å². The van der Waals surface area contributed by atoms with Crippen LogP contribution in [0.5, 0.6) is 0 Å². The highest BCUT2D eigenvalue weighted by Crippen LogP contribution is 2.32. The zero-order valence-corrected chi connectivity index (χ0v) is 10.3. The normalized spacial score (nSPS) is 19.7. The molecule has 0 aromatic heterocycles. The summed E-state index contributed by atoms with van der Waals surface area (Å²) in [5, 5.41) is 3.10. The van der Waals surface area contributed by atoms with E-state index in [9.17, 15) is 17.6 Å². The van der Waals surface area contributed by atoms with Crippen LogP contribution in [0.1, 0.15) is 30.4 Å². The van der Waals surface area contributed by atoms with E-state index in [-0.39, 0.29) is 18.2 Å². The Bertz CT molecular complexity index is 465. The molecule has 0 spiro atoms. The molecule has 1 unspecified atom stereocenters. The van der Waals surface area contributed by atoms with E-state index < -0.39 is 17.6 Å². The molecule has 0 fully saturated rings. The van der Waals surface area contributed by atoms with Gasteiger partial charge in [0, 0.05) is 12.6 Å². The molecule has 0 saturated heterocycles. The van der Waals surface area contributed by atoms with Gasteiger partial charge in [0.25, 0.3) is 0 Å². The summed E-state index contributed by atoms with van der Waals surface area (Å²) in [4.78, 5) is 0. The minimum atomic E-state index is -4.52. The van der Waals surface area contributed by atoms with Gasteiger partial charge in [0.05, 0.1) is 5.56 Å². The van der Waals surface area contributed by atoms with E-state index in [2.05, 4.69) is 11.4 Å². The molecule has 0 radical (unpaired) electrons. The van der Waals surface area contributed by atoms with E-state index in [1.165, 1.54) is 6.07 Å². The number of hydrogen-bond donors (Lipinski definition) is 1. The van der Waals surface area contributed by atoms with Crippen molar-refractivity contribution in [1.29, 1.82) is 0 Å². The summed E-state index contributed by atoms with van der Waals surface area (Å²) >= 11 is 0. The highest BCUT2D eigenvalue weighted by atomic mass is 19.4. The molecule has 1 aliphatic carbocycles. The number of nitrogens with one attached hydrogen (secondary N) is 1. The highest BCUT2D eigenvalue weighted by Gasteiger charge is 2.33. The predicted octanol–water partition coefficient (Wildman–Crippen LogP) is 4.04. The molecule has 0 aliphatic heterocycles. The molecule has 104 valence electrons. The zero-order valence-electron chi connectivity index (χ0n) is 10.3. The minimum Gasteiger partial charge on any atom is -0.310 e. The van der Waals surface area contributed by atoms with Gasteiger partial charge < -0.3 is 5.32 Å². The zero-order chi connectivity index (χ0) is 13.9. The van der Waals surface area contributed by atoms with Gasteiger partial charge in [-0.15, -0.1) is 0 Å². The fourth-order valence-corrected chi connectivity index (χ4v) is 2.20. The number of alkyl halides is 3. The van der Waals surface area contributed by atoms with Gasteiger partial charge >= 0.3 is 6.18 Å². The van der Waals surface area contributed by atoms with Crippen LogP contribution in [-0.4, -0.2) is 6.04 Å². The van der Waals surface area contributed by atoms with Gasteiger partial charge in [-0.1, -0.05) is 18.2 Å². The molecule has 1 N–H and O–H groups in total. The number of halogens is 4. The number of rotatable bonds is 3. The van der Waals surface area contributed by atoms with E-state index in [4.69, 9.17) is 0 Å². The smallest absolute Gasteiger partial charge is 0.310 e. The van der Waals surface area contributed by atoms with Crippen molar-refractivity contribution in [2.45, 2.75) is 38.0 Å². The maximum absolute atomic E-state index is 12.9. The SMILES string of the molecule is Fc1ccc(CNC2CC=CCC2)c(C(F)(F)F)c1. The second-order valence-electron chi connectivity index (χ2n) is 4.66. The van der Waals surface area contributed by atoms with Crippen LogP contribution in [0.3, 0.4) is 0 Å². The van der Waals surface area contributed by atoms with Gasteiger partial charge in [0.1, 0.15) is 5.82 Å². The van der Waals surface area contributed by atoms with E-state index in [0.717, 1.165) is 25.3 Å². The van der Waals surface area contributed by atoms with Gasteiger partial charge in [-0.2, -0.15) is 13.2 Å². The second-order valence-corrected chi connectivity index (χ2v) is 4.66. The van der Waals surface area contributed by atoms with Gasteiger partial charge in [-0.25, -0.2) is 4.39 Å². The summed E-state index contributed by atoms with van der Waals surface area (Å²) in [6.45, 7) is 0.105. The van der Waals surface area contributed by atoms with E-state index in [0.29, 0.717) is 6.07 Å². The fourth-order valence-electron chi connectivity index (χ4n) is 2.20. The summed E-state index contributed by atoms with van der Waals surface area (Å²) in [7, 11) is 0. The van der Waals surface area contributed by atoms with Crippen molar-refractivity contribution in [2.24, 2.45) is 0 Å². The highest BCUT2D eigenvalue weighted by molar-refractivity contribution is 5.30. The second kappa shape index (κ2) is 5.74. The molecule has 1 nitrogen and oxygen atoms in total. The topological polar surface area (TPSA) is 12.0 Å². The summed E-state index contributed by atoms with van der Waals surface area (Å²) in [5.74, 6) is -0.864. The van der Waals surface area contributed by atoms with Crippen LogP contribution in [-0.2, 0) is 12.7 Å². The molecule has 1 aliphatic rings. The van der Waals surface area contributed by atoms with Crippen LogP contribution in [0.25, 0.3) is 0 Å². The Hall–Kier alpha value is -1.36. The van der Waals surface area contributed by atoms with Gasteiger partial charge in [0.2, 0.25) is 0 Å². The quantitative estimate of drug-likeness (QED) is 0.647. The van der Waals surface area contributed by atoms with Crippen molar-refractivity contribution in [3.05, 3.63) is 47.3 Å². The van der Waals surface area contributed by atoms with Crippen LogP contribution < -0.4 is 5.32 Å². The largest absolute Gasteiger partial charge is 0.416 e. The van der Waals surface area contributed by atoms with Crippen molar-refractivity contribution < 1.29 is 17.6 Å². The lowest BCUT2D eigenvalue weighted by atomic mass is 10.0. The van der Waals surface area contributed by atoms with Crippen LogP contribution in [0.4, 0.5) is 17.6 Å². The predicted molar refractivity (Wildman–Crippen MR) is 65.0 cm³/mol. The Labute approximate surface area is 109 Å². The third-order valence-corrected chi connectivity index (χ3v) is 3.23. The lowest BCUT2D eigenvalue weighted by molar-refractivity contribution is -0.138. The standard InChI is InChI=1S/C14H15F4N/c15-11-7-6-10(13(8-11)14(16,17)18)9-19-12-4-2-1-3-5-12/h1-2,6-8,12,19H,3-5,9H2. The molecular formula is C14H15F4N. The number of hydrogen-bond acceptors (Lipinski definition) is 1. The molecule has 1 aromatic carbocycles. The molecule has 19 heavy (non-hydrogen) atoms.